The normalized spacial score (nSPS) is 17.9. The van der Waals surface area contributed by atoms with Crippen molar-refractivity contribution < 1.29 is 14.4 Å². The Balaban J connectivity index is 0.00000289. The van der Waals surface area contributed by atoms with Crippen LogP contribution in [0.2, 0.25) is 5.02 Å². The van der Waals surface area contributed by atoms with E-state index in [1.54, 1.807) is 4.90 Å². The highest BCUT2D eigenvalue weighted by Crippen LogP contribution is 2.30. The topological polar surface area (TPSA) is 78.3 Å². The van der Waals surface area contributed by atoms with Crippen LogP contribution in [0.4, 0.5) is 0 Å². The highest BCUT2D eigenvalue weighted by molar-refractivity contribution is 6.31. The Morgan fingerprint density at radius 3 is 2.59 bits per heavy atom. The zero-order valence-corrected chi connectivity index (χ0v) is 19.5. The summed E-state index contributed by atoms with van der Waals surface area (Å²) in [5.74, 6) is -0.316. The lowest BCUT2D eigenvalue weighted by atomic mass is 9.92. The van der Waals surface area contributed by atoms with Crippen molar-refractivity contribution in [3.05, 3.63) is 69.2 Å². The fourth-order valence-corrected chi connectivity index (χ4v) is 4.57. The molecular formula is C25H26Cl2N2O3. The second-order valence-corrected chi connectivity index (χ2v) is 8.93. The number of hydrogen-bond acceptors (Lipinski definition) is 4. The molecule has 4 rings (SSSR count). The molecule has 2 aliphatic rings. The van der Waals surface area contributed by atoms with Crippen LogP contribution in [0.15, 0.2) is 36.4 Å². The molecule has 0 spiro atoms. The summed E-state index contributed by atoms with van der Waals surface area (Å²) in [6.45, 7) is 2.37. The highest BCUT2D eigenvalue weighted by atomic mass is 35.5. The van der Waals surface area contributed by atoms with Crippen molar-refractivity contribution in [1.29, 1.82) is 5.41 Å². The fourth-order valence-electron chi connectivity index (χ4n) is 4.37. The number of nitrogens with zero attached hydrogens (tertiary/aromatic N) is 1. The van der Waals surface area contributed by atoms with Crippen LogP contribution in [0.3, 0.4) is 0 Å². The third kappa shape index (κ3) is 5.11. The Kier molecular flexibility index (Phi) is 7.52. The smallest absolute Gasteiger partial charge is 0.255 e. The average molecular weight is 473 g/mol. The predicted octanol–water partition coefficient (Wildman–Crippen LogP) is 4.91. The van der Waals surface area contributed by atoms with E-state index in [1.807, 2.05) is 43.3 Å². The lowest BCUT2D eigenvalue weighted by Crippen LogP contribution is -2.44. The molecule has 0 aromatic heterocycles. The molecule has 32 heavy (non-hydrogen) atoms. The standard InChI is InChI=1S/C25H25ClN2O3.ClH/c1-15-2-3-17(12-22(15)26)11-19(27)6-4-16-5-8-21-18(10-16)14-28(25(21)31)23-9-7-20(29)13-24(23)30;/h2-3,5,8,10,12,23,27H,4,6-7,9,11,13-14H2,1H3;1H. The lowest BCUT2D eigenvalue weighted by Gasteiger charge is -2.29. The van der Waals surface area contributed by atoms with Crippen LogP contribution in [-0.4, -0.2) is 34.1 Å². The Morgan fingerprint density at radius 1 is 1.12 bits per heavy atom. The van der Waals surface area contributed by atoms with Crippen LogP contribution in [0.5, 0.6) is 0 Å². The first-order valence-electron chi connectivity index (χ1n) is 10.6. The number of carbonyl (C=O) groups is 3. The summed E-state index contributed by atoms with van der Waals surface area (Å²) in [6.07, 6.45) is 2.63. The molecule has 7 heteroatoms. The van der Waals surface area contributed by atoms with Crippen molar-refractivity contribution in [3.63, 3.8) is 0 Å². The number of amides is 1. The summed E-state index contributed by atoms with van der Waals surface area (Å²) in [7, 11) is 0. The summed E-state index contributed by atoms with van der Waals surface area (Å²) >= 11 is 6.18. The SMILES string of the molecule is Cc1ccc(CC(=N)CCc2ccc3c(c2)CN(C2CCC(=O)CC2=O)C3=O)cc1Cl.Cl. The van der Waals surface area contributed by atoms with Gasteiger partial charge < -0.3 is 10.3 Å². The second kappa shape index (κ2) is 9.97. The van der Waals surface area contributed by atoms with E-state index < -0.39 is 6.04 Å². The molecule has 0 bridgehead atoms. The lowest BCUT2D eigenvalue weighted by molar-refractivity contribution is -0.133. The number of fused-ring (bicyclic) bond motifs is 1. The molecule has 1 atom stereocenters. The van der Waals surface area contributed by atoms with E-state index in [0.717, 1.165) is 33.7 Å². The van der Waals surface area contributed by atoms with Gasteiger partial charge in [-0.15, -0.1) is 12.4 Å². The second-order valence-electron chi connectivity index (χ2n) is 8.52. The van der Waals surface area contributed by atoms with Gasteiger partial charge in [0.25, 0.3) is 5.91 Å². The Morgan fingerprint density at radius 2 is 1.88 bits per heavy atom. The molecule has 2 aromatic carbocycles. The van der Waals surface area contributed by atoms with Gasteiger partial charge in [-0.2, -0.15) is 0 Å². The van der Waals surface area contributed by atoms with Gasteiger partial charge >= 0.3 is 0 Å². The van der Waals surface area contributed by atoms with E-state index in [2.05, 4.69) is 0 Å². The Labute approximate surface area is 199 Å². The van der Waals surface area contributed by atoms with Crippen LogP contribution in [-0.2, 0) is 29.0 Å². The van der Waals surface area contributed by atoms with Crippen molar-refractivity contribution in [1.82, 2.24) is 4.90 Å². The maximum absolute atomic E-state index is 12.8. The Hall–Kier alpha value is -2.50. The average Bonchev–Trinajstić information content (AvgIpc) is 3.05. The third-order valence-corrected chi connectivity index (χ3v) is 6.59. The number of benzene rings is 2. The zero-order valence-electron chi connectivity index (χ0n) is 17.9. The summed E-state index contributed by atoms with van der Waals surface area (Å²) < 4.78 is 0. The number of Topliss-reactive ketones (excluding diaryl/α,β-unsaturated/α-hetero) is 2. The molecule has 1 heterocycles. The van der Waals surface area contributed by atoms with Crippen LogP contribution in [0.1, 0.15) is 58.3 Å². The first-order valence-corrected chi connectivity index (χ1v) is 11.0. The zero-order chi connectivity index (χ0) is 22.1. The van der Waals surface area contributed by atoms with Crippen LogP contribution >= 0.6 is 24.0 Å². The van der Waals surface area contributed by atoms with E-state index in [1.165, 1.54) is 0 Å². The molecule has 1 aliphatic carbocycles. The molecule has 1 N–H and O–H groups in total. The van der Waals surface area contributed by atoms with E-state index in [9.17, 15) is 14.4 Å². The van der Waals surface area contributed by atoms with Crippen molar-refractivity contribution >= 4 is 47.2 Å². The molecule has 1 unspecified atom stereocenters. The van der Waals surface area contributed by atoms with Gasteiger partial charge in [-0.3, -0.25) is 14.4 Å². The maximum Gasteiger partial charge on any atom is 0.255 e. The van der Waals surface area contributed by atoms with Gasteiger partial charge in [0, 0.05) is 35.7 Å². The number of rotatable bonds is 6. The highest BCUT2D eigenvalue weighted by Gasteiger charge is 2.38. The van der Waals surface area contributed by atoms with E-state index in [4.69, 9.17) is 17.0 Å². The van der Waals surface area contributed by atoms with Crippen molar-refractivity contribution in [2.75, 3.05) is 0 Å². The number of nitrogens with one attached hydrogen (secondary N) is 1. The van der Waals surface area contributed by atoms with Crippen molar-refractivity contribution in [3.8, 4) is 0 Å². The minimum Gasteiger partial charge on any atom is -0.324 e. The summed E-state index contributed by atoms with van der Waals surface area (Å²) in [6, 6.07) is 11.2. The van der Waals surface area contributed by atoms with Crippen LogP contribution in [0, 0.1) is 12.3 Å². The first kappa shape index (κ1) is 24.1. The van der Waals surface area contributed by atoms with Gasteiger partial charge in [0.05, 0.1) is 12.5 Å². The molecule has 1 aliphatic heterocycles. The van der Waals surface area contributed by atoms with E-state index in [0.29, 0.717) is 43.5 Å². The molecular weight excluding hydrogens is 447 g/mol. The summed E-state index contributed by atoms with van der Waals surface area (Å²) in [5, 5.41) is 9.04. The third-order valence-electron chi connectivity index (χ3n) is 6.19. The molecule has 1 amide bonds. The minimum absolute atomic E-state index is 0. The van der Waals surface area contributed by atoms with Gasteiger partial charge in [0.1, 0.15) is 5.78 Å². The van der Waals surface area contributed by atoms with Crippen molar-refractivity contribution in [2.45, 2.75) is 58.0 Å². The largest absolute Gasteiger partial charge is 0.324 e. The number of halogens is 2. The van der Waals surface area contributed by atoms with Crippen LogP contribution < -0.4 is 0 Å². The Bertz CT molecular complexity index is 1100. The molecule has 1 saturated carbocycles. The van der Waals surface area contributed by atoms with Crippen molar-refractivity contribution in [2.24, 2.45) is 0 Å². The fraction of sp³-hybridized carbons (Fsp3) is 0.360. The monoisotopic (exact) mass is 472 g/mol. The number of ketones is 2. The van der Waals surface area contributed by atoms with E-state index >= 15 is 0 Å². The quantitative estimate of drug-likeness (QED) is 0.478. The number of carbonyl (C=O) groups excluding carboxylic acids is 3. The van der Waals surface area contributed by atoms with Crippen LogP contribution in [0.25, 0.3) is 0 Å². The first-order chi connectivity index (χ1) is 14.8. The summed E-state index contributed by atoms with van der Waals surface area (Å²) in [5.41, 5.74) is 5.33. The van der Waals surface area contributed by atoms with Gasteiger partial charge in [0.2, 0.25) is 0 Å². The maximum atomic E-state index is 12.8. The molecule has 168 valence electrons. The minimum atomic E-state index is -0.490. The number of aryl methyl sites for hydroxylation is 2. The van der Waals surface area contributed by atoms with Gasteiger partial charge in [0.15, 0.2) is 5.78 Å². The van der Waals surface area contributed by atoms with E-state index in [-0.39, 0.29) is 36.3 Å². The molecule has 0 saturated heterocycles. The summed E-state index contributed by atoms with van der Waals surface area (Å²) in [4.78, 5) is 38.2. The predicted molar refractivity (Wildman–Crippen MR) is 127 cm³/mol. The molecule has 2 aromatic rings. The van der Waals surface area contributed by atoms with Gasteiger partial charge in [-0.1, -0.05) is 35.9 Å². The van der Waals surface area contributed by atoms with Gasteiger partial charge in [-0.25, -0.2) is 0 Å². The number of hydrogen-bond donors (Lipinski definition) is 1. The molecule has 1 fully saturated rings. The molecule has 0 radical (unpaired) electrons. The van der Waals surface area contributed by atoms with Gasteiger partial charge in [-0.05, 0) is 60.6 Å². The molecule has 5 nitrogen and oxygen atoms in total.